The number of benzene rings is 1. The molecule has 1 heterocycles. The van der Waals surface area contributed by atoms with Gasteiger partial charge in [-0.25, -0.2) is 4.98 Å². The molecule has 1 aromatic heterocycles. The van der Waals surface area contributed by atoms with Gasteiger partial charge >= 0.3 is 6.36 Å². The molecule has 11 heteroatoms. The first-order valence-corrected chi connectivity index (χ1v) is 6.75. The Bertz CT molecular complexity index is 720. The van der Waals surface area contributed by atoms with Gasteiger partial charge in [-0.05, 0) is 18.6 Å². The maximum Gasteiger partial charge on any atom is 0.573 e. The van der Waals surface area contributed by atoms with Crippen molar-refractivity contribution in [2.45, 2.75) is 19.2 Å². The summed E-state index contributed by atoms with van der Waals surface area (Å²) >= 11 is 0.978. The number of thiazole rings is 1. The van der Waals surface area contributed by atoms with Crippen LogP contribution in [0, 0.1) is 0 Å². The number of hydrogen-bond acceptors (Lipinski definition) is 5. The number of ether oxygens (including phenoxy) is 1. The molecule has 0 aliphatic heterocycles. The monoisotopic (exact) mass is 519 g/mol. The molecule has 1 radical (unpaired) electrons. The molecule has 0 atom stereocenters. The number of amides is 2. The van der Waals surface area contributed by atoms with Crippen LogP contribution in [-0.4, -0.2) is 23.2 Å². The van der Waals surface area contributed by atoms with Crippen molar-refractivity contribution in [3.05, 3.63) is 23.9 Å². The quantitative estimate of drug-likeness (QED) is 0.656. The van der Waals surface area contributed by atoms with Crippen molar-refractivity contribution >= 4 is 38.5 Å². The summed E-state index contributed by atoms with van der Waals surface area (Å²) in [6.07, 6.45) is -5.14. The van der Waals surface area contributed by atoms with Crippen molar-refractivity contribution in [3.63, 3.8) is 0 Å². The van der Waals surface area contributed by atoms with Crippen LogP contribution in [0.1, 0.15) is 12.8 Å². The predicted octanol–water partition coefficient (Wildman–Crippen LogP) is 3.49. The van der Waals surface area contributed by atoms with Gasteiger partial charge in [0, 0.05) is 38.8 Å². The maximum absolute atomic E-state index is 12.1. The first-order valence-electron chi connectivity index (χ1n) is 5.93. The van der Waals surface area contributed by atoms with Gasteiger partial charge in [0.25, 0.3) is 0 Å². The summed E-state index contributed by atoms with van der Waals surface area (Å²) in [5.41, 5.74) is 7.10. The summed E-state index contributed by atoms with van der Waals surface area (Å²) in [5, 5.41) is 2.62. The third-order valence-corrected chi connectivity index (χ3v) is 3.35. The number of halogens is 3. The molecule has 0 aliphatic rings. The fraction of sp³-hybridized carbons (Fsp3) is 0.250. The van der Waals surface area contributed by atoms with Crippen LogP contribution in [0.2, 0.25) is 0 Å². The molecule has 2 aromatic rings. The van der Waals surface area contributed by atoms with Crippen molar-refractivity contribution in [3.8, 4) is 5.75 Å². The normalized spacial score (nSPS) is 10.9. The molecule has 23 heavy (non-hydrogen) atoms. The topological polar surface area (TPSA) is 92.1 Å². The molecule has 0 fully saturated rings. The average Bonchev–Trinajstić information content (AvgIpc) is 2.75. The SMILES string of the molecule is [NH-]C(=O)CCC(=O)Nc1nc2ccc(OC(F)(F)F)cc2s1.[Re]. The van der Waals surface area contributed by atoms with Crippen LogP contribution in [0.4, 0.5) is 18.3 Å². The number of nitrogens with one attached hydrogen (secondary N) is 2. The molecular formula is C12H9F3N3O3ReS-. The van der Waals surface area contributed by atoms with Crippen LogP contribution in [0.5, 0.6) is 5.75 Å². The Hall–Kier alpha value is -1.70. The van der Waals surface area contributed by atoms with Gasteiger partial charge < -0.3 is 20.6 Å². The number of carbonyl (C=O) groups excluding carboxylic acids is 2. The number of alkyl halides is 3. The number of rotatable bonds is 5. The number of hydrogen-bond donors (Lipinski definition) is 1. The van der Waals surface area contributed by atoms with E-state index in [1.165, 1.54) is 12.1 Å². The zero-order chi connectivity index (χ0) is 16.3. The van der Waals surface area contributed by atoms with Gasteiger partial charge in [0.15, 0.2) is 5.13 Å². The zero-order valence-electron chi connectivity index (χ0n) is 11.2. The van der Waals surface area contributed by atoms with Crippen LogP contribution < -0.4 is 10.1 Å². The summed E-state index contributed by atoms with van der Waals surface area (Å²) < 4.78 is 40.6. The Morgan fingerprint density at radius 2 is 2.00 bits per heavy atom. The van der Waals surface area contributed by atoms with E-state index in [2.05, 4.69) is 15.0 Å². The van der Waals surface area contributed by atoms with Crippen molar-refractivity contribution in [1.82, 2.24) is 4.98 Å². The van der Waals surface area contributed by atoms with Crippen LogP contribution >= 0.6 is 11.3 Å². The van der Waals surface area contributed by atoms with Crippen LogP contribution in [0.25, 0.3) is 16.0 Å². The number of aromatic nitrogens is 1. The minimum Gasteiger partial charge on any atom is -0.668 e. The largest absolute Gasteiger partial charge is 0.668 e. The summed E-state index contributed by atoms with van der Waals surface area (Å²) in [7, 11) is 0. The zero-order valence-corrected chi connectivity index (χ0v) is 14.8. The summed E-state index contributed by atoms with van der Waals surface area (Å²) in [6, 6.07) is 3.64. The van der Waals surface area contributed by atoms with E-state index in [1.807, 2.05) is 0 Å². The van der Waals surface area contributed by atoms with Gasteiger partial charge in [0.2, 0.25) is 5.91 Å². The van der Waals surface area contributed by atoms with E-state index in [1.54, 1.807) is 0 Å². The maximum atomic E-state index is 12.1. The molecule has 2 N–H and O–H groups in total. The Morgan fingerprint density at radius 3 is 2.61 bits per heavy atom. The molecule has 0 saturated heterocycles. The molecule has 125 valence electrons. The molecule has 0 spiro atoms. The average molecular weight is 518 g/mol. The minimum atomic E-state index is -4.78. The fourth-order valence-electron chi connectivity index (χ4n) is 1.56. The molecule has 2 rings (SSSR count). The third kappa shape index (κ3) is 6.13. The van der Waals surface area contributed by atoms with Gasteiger partial charge in [0.1, 0.15) is 5.75 Å². The number of anilines is 1. The van der Waals surface area contributed by atoms with E-state index in [-0.39, 0.29) is 44.1 Å². The van der Waals surface area contributed by atoms with Gasteiger partial charge in [0.05, 0.1) is 10.2 Å². The molecule has 0 aliphatic carbocycles. The first kappa shape index (κ1) is 19.3. The van der Waals surface area contributed by atoms with Gasteiger partial charge in [-0.3, -0.25) is 4.79 Å². The van der Waals surface area contributed by atoms with Crippen molar-refractivity contribution in [1.29, 1.82) is 0 Å². The van der Waals surface area contributed by atoms with E-state index >= 15 is 0 Å². The minimum absolute atomic E-state index is 0. The molecular weight excluding hydrogens is 509 g/mol. The summed E-state index contributed by atoms with van der Waals surface area (Å²) in [4.78, 5) is 26.0. The summed E-state index contributed by atoms with van der Waals surface area (Å²) in [6.45, 7) is 0. The Labute approximate surface area is 145 Å². The number of nitrogens with zero attached hydrogens (tertiary/aromatic N) is 1. The van der Waals surface area contributed by atoms with E-state index in [0.717, 1.165) is 17.4 Å². The molecule has 0 saturated carbocycles. The smallest absolute Gasteiger partial charge is 0.573 e. The molecule has 0 bridgehead atoms. The summed E-state index contributed by atoms with van der Waals surface area (Å²) in [5.74, 6) is -1.72. The molecule has 6 nitrogen and oxygen atoms in total. The first-order chi connectivity index (χ1) is 10.2. The van der Waals surface area contributed by atoms with Crippen LogP contribution in [0.15, 0.2) is 18.2 Å². The third-order valence-electron chi connectivity index (χ3n) is 2.42. The van der Waals surface area contributed by atoms with E-state index < -0.39 is 18.2 Å². The predicted molar refractivity (Wildman–Crippen MR) is 73.5 cm³/mol. The molecule has 0 unspecified atom stereocenters. The number of fused-ring (bicyclic) bond motifs is 1. The van der Waals surface area contributed by atoms with E-state index in [0.29, 0.717) is 10.2 Å². The second-order valence-electron chi connectivity index (χ2n) is 4.17. The van der Waals surface area contributed by atoms with Crippen molar-refractivity contribution < 1.29 is 47.9 Å². The van der Waals surface area contributed by atoms with Crippen molar-refractivity contribution in [2.75, 3.05) is 5.32 Å². The van der Waals surface area contributed by atoms with Crippen LogP contribution in [-0.2, 0) is 30.0 Å². The second-order valence-corrected chi connectivity index (χ2v) is 5.20. The Balaban J connectivity index is 0.00000264. The van der Waals surface area contributed by atoms with Crippen molar-refractivity contribution in [2.24, 2.45) is 0 Å². The second kappa shape index (κ2) is 7.72. The standard InChI is InChI=1S/C12H10F3N3O3S.Re/c13-12(14,15)21-6-1-2-7-8(5-6)22-11(17-7)18-10(20)4-3-9(16)19;/h1-2,5H,3-4H2,(H3,16,17,18,19,20);/p-1. The van der Waals surface area contributed by atoms with E-state index in [9.17, 15) is 22.8 Å². The fourth-order valence-corrected chi connectivity index (χ4v) is 2.47. The Morgan fingerprint density at radius 1 is 1.30 bits per heavy atom. The van der Waals surface area contributed by atoms with Crippen LogP contribution in [0.3, 0.4) is 0 Å². The Kier molecular flexibility index (Phi) is 6.49. The van der Waals surface area contributed by atoms with E-state index in [4.69, 9.17) is 5.73 Å². The van der Waals surface area contributed by atoms with Gasteiger partial charge in [-0.1, -0.05) is 11.3 Å². The van der Waals surface area contributed by atoms with Gasteiger partial charge in [-0.2, -0.15) is 0 Å². The van der Waals surface area contributed by atoms with Gasteiger partial charge in [-0.15, -0.1) is 13.2 Å². The molecule has 1 aromatic carbocycles. The number of carbonyl (C=O) groups is 2. The molecule has 2 amide bonds.